The Kier molecular flexibility index (Phi) is 3.28. The van der Waals surface area contributed by atoms with Crippen LogP contribution in [0.1, 0.15) is 19.4 Å². The van der Waals surface area contributed by atoms with Gasteiger partial charge in [0.1, 0.15) is 11.9 Å². The second-order valence-electron chi connectivity index (χ2n) is 4.14. The summed E-state index contributed by atoms with van der Waals surface area (Å²) >= 11 is 0. The monoisotopic (exact) mass is 207 g/mol. The van der Waals surface area contributed by atoms with Crippen molar-refractivity contribution in [1.82, 2.24) is 0 Å². The molecule has 0 saturated carbocycles. The molecule has 0 aliphatic rings. The fourth-order valence-electron chi connectivity index (χ4n) is 1.09. The average Bonchev–Trinajstić information content (AvgIpc) is 2.14. The lowest BCUT2D eigenvalue weighted by molar-refractivity contribution is 0.549. The van der Waals surface area contributed by atoms with Crippen LogP contribution >= 0.6 is 0 Å². The van der Waals surface area contributed by atoms with Crippen molar-refractivity contribution in [3.8, 4) is 6.07 Å². The molecule has 0 bridgehead atoms. The summed E-state index contributed by atoms with van der Waals surface area (Å²) in [6, 6.07) is 5.98. The van der Waals surface area contributed by atoms with Crippen LogP contribution < -0.4 is 11.1 Å². The highest BCUT2D eigenvalue weighted by Gasteiger charge is 2.11. The molecule has 4 heteroatoms. The minimum Gasteiger partial charge on any atom is -0.382 e. The van der Waals surface area contributed by atoms with E-state index in [1.54, 1.807) is 6.07 Å². The summed E-state index contributed by atoms with van der Waals surface area (Å²) in [6.07, 6.45) is 0. The summed E-state index contributed by atoms with van der Waals surface area (Å²) in [5.74, 6) is -0.413. The van der Waals surface area contributed by atoms with Gasteiger partial charge in [-0.05, 0) is 32.0 Å². The maximum Gasteiger partial charge on any atom is 0.124 e. The number of nitrogens with one attached hydrogen (secondary N) is 1. The minimum absolute atomic E-state index is 0.291. The second kappa shape index (κ2) is 4.28. The Morgan fingerprint density at radius 3 is 2.73 bits per heavy atom. The van der Waals surface area contributed by atoms with Crippen molar-refractivity contribution in [1.29, 1.82) is 5.26 Å². The van der Waals surface area contributed by atoms with E-state index in [1.807, 2.05) is 19.9 Å². The molecule has 3 nitrogen and oxygen atoms in total. The molecule has 1 aromatic carbocycles. The summed E-state index contributed by atoms with van der Waals surface area (Å²) in [4.78, 5) is 0. The van der Waals surface area contributed by atoms with Gasteiger partial charge in [-0.1, -0.05) is 0 Å². The van der Waals surface area contributed by atoms with Gasteiger partial charge in [0.05, 0.1) is 11.3 Å². The normalized spacial score (nSPS) is 10.9. The summed E-state index contributed by atoms with van der Waals surface area (Å²) < 4.78 is 12.8. The van der Waals surface area contributed by atoms with Crippen LogP contribution in [-0.2, 0) is 0 Å². The summed E-state index contributed by atoms with van der Waals surface area (Å²) in [7, 11) is 0. The van der Waals surface area contributed by atoms with Crippen LogP contribution in [0.3, 0.4) is 0 Å². The number of nitrogens with zero attached hydrogens (tertiary/aromatic N) is 1. The topological polar surface area (TPSA) is 61.8 Å². The lowest BCUT2D eigenvalue weighted by Crippen LogP contribution is -2.39. The van der Waals surface area contributed by atoms with E-state index in [1.165, 1.54) is 12.1 Å². The third-order valence-corrected chi connectivity index (χ3v) is 1.84. The maximum atomic E-state index is 12.8. The Hall–Kier alpha value is -1.60. The van der Waals surface area contributed by atoms with Crippen molar-refractivity contribution >= 4 is 5.69 Å². The molecule has 0 heterocycles. The van der Waals surface area contributed by atoms with Gasteiger partial charge in [-0.2, -0.15) is 5.26 Å². The summed E-state index contributed by atoms with van der Waals surface area (Å²) in [6.45, 7) is 4.26. The lowest BCUT2D eigenvalue weighted by atomic mass is 10.1. The Balaban J connectivity index is 2.82. The van der Waals surface area contributed by atoms with Crippen molar-refractivity contribution < 1.29 is 4.39 Å². The van der Waals surface area contributed by atoms with Gasteiger partial charge in [0.2, 0.25) is 0 Å². The standard InChI is InChI=1S/C11H14FN3/c1-11(2,14)7-15-10-4-3-9(12)5-8(10)6-13/h3-5,15H,7,14H2,1-2H3. The molecule has 0 unspecified atom stereocenters. The van der Waals surface area contributed by atoms with Crippen LogP contribution in [0.2, 0.25) is 0 Å². The van der Waals surface area contributed by atoms with Crippen LogP contribution in [0.4, 0.5) is 10.1 Å². The molecule has 0 aromatic heterocycles. The average molecular weight is 207 g/mol. The van der Waals surface area contributed by atoms with Crippen LogP contribution in [0.25, 0.3) is 0 Å². The molecule has 0 aliphatic heterocycles. The molecule has 0 saturated heterocycles. The van der Waals surface area contributed by atoms with Gasteiger partial charge in [-0.15, -0.1) is 0 Å². The molecular formula is C11H14FN3. The number of rotatable bonds is 3. The SMILES string of the molecule is CC(C)(N)CNc1ccc(F)cc1C#N. The van der Waals surface area contributed by atoms with E-state index in [9.17, 15) is 4.39 Å². The number of hydrogen-bond acceptors (Lipinski definition) is 3. The molecule has 1 rings (SSSR count). The predicted molar refractivity (Wildman–Crippen MR) is 57.9 cm³/mol. The van der Waals surface area contributed by atoms with Gasteiger partial charge >= 0.3 is 0 Å². The van der Waals surface area contributed by atoms with Gasteiger partial charge in [0.25, 0.3) is 0 Å². The zero-order valence-corrected chi connectivity index (χ0v) is 8.84. The largest absolute Gasteiger partial charge is 0.382 e. The minimum atomic E-state index is -0.413. The third kappa shape index (κ3) is 3.56. The van der Waals surface area contributed by atoms with Crippen LogP contribution in [0, 0.1) is 17.1 Å². The van der Waals surface area contributed by atoms with Crippen LogP contribution in [0.15, 0.2) is 18.2 Å². The third-order valence-electron chi connectivity index (χ3n) is 1.84. The highest BCUT2D eigenvalue weighted by atomic mass is 19.1. The lowest BCUT2D eigenvalue weighted by Gasteiger charge is -2.20. The van der Waals surface area contributed by atoms with Gasteiger partial charge in [0, 0.05) is 12.1 Å². The van der Waals surface area contributed by atoms with Crippen molar-refractivity contribution in [2.24, 2.45) is 5.73 Å². The number of anilines is 1. The molecule has 0 radical (unpaired) electrons. The number of nitrogens with two attached hydrogens (primary N) is 1. The highest BCUT2D eigenvalue weighted by Crippen LogP contribution is 2.16. The molecule has 1 aromatic rings. The van der Waals surface area contributed by atoms with E-state index in [0.29, 0.717) is 17.8 Å². The van der Waals surface area contributed by atoms with Crippen LogP contribution in [-0.4, -0.2) is 12.1 Å². The first-order chi connectivity index (χ1) is 6.92. The molecule has 0 amide bonds. The maximum absolute atomic E-state index is 12.8. The molecule has 0 aliphatic carbocycles. The molecular weight excluding hydrogens is 193 g/mol. The molecule has 15 heavy (non-hydrogen) atoms. The zero-order valence-electron chi connectivity index (χ0n) is 8.84. The van der Waals surface area contributed by atoms with Crippen LogP contribution in [0.5, 0.6) is 0 Å². The second-order valence-corrected chi connectivity index (χ2v) is 4.14. The quantitative estimate of drug-likeness (QED) is 0.795. The Morgan fingerprint density at radius 2 is 2.20 bits per heavy atom. The molecule has 0 fully saturated rings. The Bertz CT molecular complexity index is 388. The fourth-order valence-corrected chi connectivity index (χ4v) is 1.09. The molecule has 3 N–H and O–H groups in total. The number of benzene rings is 1. The first-order valence-electron chi connectivity index (χ1n) is 4.65. The smallest absolute Gasteiger partial charge is 0.124 e. The number of halogens is 1. The first kappa shape index (κ1) is 11.5. The van der Waals surface area contributed by atoms with Crippen molar-refractivity contribution in [3.05, 3.63) is 29.6 Å². The van der Waals surface area contributed by atoms with Gasteiger partial charge in [0.15, 0.2) is 0 Å². The predicted octanol–water partition coefficient (Wildman–Crippen LogP) is 1.85. The molecule has 80 valence electrons. The fraction of sp³-hybridized carbons (Fsp3) is 0.364. The Labute approximate surface area is 88.7 Å². The van der Waals surface area contributed by atoms with Crippen molar-refractivity contribution in [3.63, 3.8) is 0 Å². The van der Waals surface area contributed by atoms with Gasteiger partial charge in [-0.3, -0.25) is 0 Å². The van der Waals surface area contributed by atoms with Gasteiger partial charge < -0.3 is 11.1 Å². The first-order valence-corrected chi connectivity index (χ1v) is 4.65. The van der Waals surface area contributed by atoms with E-state index < -0.39 is 5.82 Å². The number of nitriles is 1. The summed E-state index contributed by atoms with van der Waals surface area (Å²) in [5.41, 5.74) is 6.31. The van der Waals surface area contributed by atoms with E-state index in [4.69, 9.17) is 11.0 Å². The van der Waals surface area contributed by atoms with Crippen molar-refractivity contribution in [2.45, 2.75) is 19.4 Å². The summed E-state index contributed by atoms with van der Waals surface area (Å²) in [5, 5.41) is 11.8. The van der Waals surface area contributed by atoms with E-state index >= 15 is 0 Å². The molecule has 0 spiro atoms. The van der Waals surface area contributed by atoms with Crippen molar-refractivity contribution in [2.75, 3.05) is 11.9 Å². The molecule has 0 atom stereocenters. The Morgan fingerprint density at radius 1 is 1.53 bits per heavy atom. The van der Waals surface area contributed by atoms with Gasteiger partial charge in [-0.25, -0.2) is 4.39 Å². The van der Waals surface area contributed by atoms with E-state index in [-0.39, 0.29) is 5.54 Å². The van der Waals surface area contributed by atoms with E-state index in [0.717, 1.165) is 0 Å². The van der Waals surface area contributed by atoms with E-state index in [2.05, 4.69) is 5.32 Å². The number of hydrogen-bond donors (Lipinski definition) is 2. The highest BCUT2D eigenvalue weighted by molar-refractivity contribution is 5.57. The zero-order chi connectivity index (χ0) is 11.5.